The molecule has 2 amide bonds. The largest absolute Gasteiger partial charge is 0.445 e. The summed E-state index contributed by atoms with van der Waals surface area (Å²) in [6.45, 7) is 0. The molecule has 0 radical (unpaired) electrons. The molecule has 4 rings (SSSR count). The Morgan fingerprint density at radius 2 is 2.14 bits per heavy atom. The Hall–Kier alpha value is -3.06. The molecule has 0 bridgehead atoms. The minimum atomic E-state index is -4.60. The number of carbonyl (C=O) groups is 1. The number of urea groups is 1. The fourth-order valence-corrected chi connectivity index (χ4v) is 3.57. The van der Waals surface area contributed by atoms with Crippen LogP contribution in [0.25, 0.3) is 22.6 Å². The van der Waals surface area contributed by atoms with Gasteiger partial charge in [-0.1, -0.05) is 11.3 Å². The van der Waals surface area contributed by atoms with Crippen LogP contribution in [0.1, 0.15) is 5.01 Å². The number of nitrogens with zero attached hydrogens (tertiary/aromatic N) is 4. The lowest BCUT2D eigenvalue weighted by Gasteiger charge is -2.14. The van der Waals surface area contributed by atoms with E-state index < -0.39 is 17.2 Å². The first-order chi connectivity index (χ1) is 13.3. The number of aromatic nitrogens is 5. The van der Waals surface area contributed by atoms with Gasteiger partial charge < -0.3 is 5.32 Å². The van der Waals surface area contributed by atoms with Crippen LogP contribution in [0.3, 0.4) is 0 Å². The Morgan fingerprint density at radius 1 is 1.32 bits per heavy atom. The second-order valence-electron chi connectivity index (χ2n) is 5.64. The topological polar surface area (TPSA) is 101 Å². The lowest BCUT2D eigenvalue weighted by Crippen LogP contribution is -2.31. The van der Waals surface area contributed by atoms with Crippen molar-refractivity contribution in [2.24, 2.45) is 0 Å². The van der Waals surface area contributed by atoms with Crippen LogP contribution in [0.4, 0.5) is 28.8 Å². The highest BCUT2D eigenvalue weighted by atomic mass is 32.1. The van der Waals surface area contributed by atoms with Crippen LogP contribution in [-0.2, 0) is 6.18 Å². The average Bonchev–Trinajstić information content (AvgIpc) is 3.38. The molecule has 0 atom stereocenters. The summed E-state index contributed by atoms with van der Waals surface area (Å²) in [6.07, 6.45) is -4.60. The number of thiazole rings is 1. The van der Waals surface area contributed by atoms with Crippen molar-refractivity contribution in [3.63, 3.8) is 0 Å². The Balaban J connectivity index is 1.52. The maximum Gasteiger partial charge on any atom is 0.445 e. The molecular formula is C15H11F3N7OS2+. The molecule has 8 nitrogen and oxygen atoms in total. The van der Waals surface area contributed by atoms with Crippen molar-refractivity contribution in [1.29, 1.82) is 0 Å². The number of halogens is 3. The third-order valence-corrected chi connectivity index (χ3v) is 5.36. The molecule has 0 aliphatic rings. The smallest absolute Gasteiger partial charge is 0.307 e. The molecule has 0 saturated heterocycles. The highest BCUT2D eigenvalue weighted by molar-refractivity contribution is 7.15. The number of H-pyrrole nitrogens is 2. The number of carbonyl (C=O) groups excluding carboxylic acids is 1. The second-order valence-corrected chi connectivity index (χ2v) is 7.31. The van der Waals surface area contributed by atoms with Crippen molar-refractivity contribution < 1.29 is 22.9 Å². The van der Waals surface area contributed by atoms with Gasteiger partial charge in [0.1, 0.15) is 0 Å². The van der Waals surface area contributed by atoms with Crippen LogP contribution >= 0.6 is 22.7 Å². The van der Waals surface area contributed by atoms with E-state index in [0.29, 0.717) is 17.0 Å². The molecule has 4 aromatic rings. The van der Waals surface area contributed by atoms with Crippen molar-refractivity contribution in [2.45, 2.75) is 6.18 Å². The maximum atomic E-state index is 12.6. The molecule has 28 heavy (non-hydrogen) atoms. The van der Waals surface area contributed by atoms with Crippen molar-refractivity contribution in [3.05, 3.63) is 34.1 Å². The lowest BCUT2D eigenvalue weighted by atomic mass is 10.3. The van der Waals surface area contributed by atoms with E-state index in [0.717, 1.165) is 27.5 Å². The van der Waals surface area contributed by atoms with Crippen molar-refractivity contribution in [2.75, 3.05) is 17.3 Å². The number of amides is 2. The van der Waals surface area contributed by atoms with Gasteiger partial charge in [0.05, 0.1) is 5.51 Å². The number of aromatic amines is 2. The SMILES string of the molecule is CN(C(=O)Nc1ccc2[nH+]c(-c3cscn3)[nH]c2c1)c1nnc(C(F)(F)F)s1. The van der Waals surface area contributed by atoms with Crippen LogP contribution in [0.2, 0.25) is 0 Å². The van der Waals surface area contributed by atoms with E-state index in [-0.39, 0.29) is 5.13 Å². The first-order valence-electron chi connectivity index (χ1n) is 7.70. The molecule has 144 valence electrons. The predicted octanol–water partition coefficient (Wildman–Crippen LogP) is 3.64. The summed E-state index contributed by atoms with van der Waals surface area (Å²) in [5.41, 5.74) is 4.49. The van der Waals surface area contributed by atoms with Crippen LogP contribution < -0.4 is 15.2 Å². The molecular weight excluding hydrogens is 415 g/mol. The molecule has 3 N–H and O–H groups in total. The molecule has 0 spiro atoms. The van der Waals surface area contributed by atoms with E-state index in [1.54, 1.807) is 23.7 Å². The van der Waals surface area contributed by atoms with E-state index in [1.165, 1.54) is 18.4 Å². The highest BCUT2D eigenvalue weighted by Crippen LogP contribution is 2.34. The van der Waals surface area contributed by atoms with Gasteiger partial charge in [-0.05, 0) is 12.1 Å². The number of nitrogens with one attached hydrogen (secondary N) is 3. The van der Waals surface area contributed by atoms with Gasteiger partial charge in [-0.2, -0.15) is 13.2 Å². The summed E-state index contributed by atoms with van der Waals surface area (Å²) in [4.78, 5) is 23.9. The minimum Gasteiger partial charge on any atom is -0.307 e. The Labute approximate surface area is 163 Å². The zero-order chi connectivity index (χ0) is 19.9. The highest BCUT2D eigenvalue weighted by Gasteiger charge is 2.36. The zero-order valence-electron chi connectivity index (χ0n) is 14.0. The van der Waals surface area contributed by atoms with Gasteiger partial charge in [-0.3, -0.25) is 4.90 Å². The third-order valence-electron chi connectivity index (χ3n) is 3.73. The number of rotatable bonds is 3. The summed E-state index contributed by atoms with van der Waals surface area (Å²) in [5.74, 6) is 0.727. The van der Waals surface area contributed by atoms with Crippen LogP contribution in [0.15, 0.2) is 29.1 Å². The fourth-order valence-electron chi connectivity index (χ4n) is 2.36. The summed E-state index contributed by atoms with van der Waals surface area (Å²) >= 11 is 1.76. The van der Waals surface area contributed by atoms with Crippen molar-refractivity contribution >= 4 is 50.6 Å². The van der Waals surface area contributed by atoms with E-state index >= 15 is 0 Å². The maximum absolute atomic E-state index is 12.6. The normalized spacial score (nSPS) is 11.7. The standard InChI is InChI=1S/C15H10F3N7OS2/c1-25(14-24-23-12(28-14)15(16,17)18)13(26)20-7-2-3-8-9(4-7)22-11(21-8)10-5-27-6-19-10/h2-6H,1H3,(H,20,26)(H,21,22)/p+1. The molecule has 0 aliphatic carbocycles. The summed E-state index contributed by atoms with van der Waals surface area (Å²) in [7, 11) is 1.32. The van der Waals surface area contributed by atoms with Gasteiger partial charge in [-0.15, -0.1) is 21.5 Å². The molecule has 3 aromatic heterocycles. The summed E-state index contributed by atoms with van der Waals surface area (Å²) in [6, 6.07) is 4.50. The van der Waals surface area contributed by atoms with E-state index in [2.05, 4.69) is 30.5 Å². The summed E-state index contributed by atoms with van der Waals surface area (Å²) < 4.78 is 37.9. The Morgan fingerprint density at radius 3 is 2.82 bits per heavy atom. The van der Waals surface area contributed by atoms with Crippen LogP contribution in [0, 0.1) is 0 Å². The molecule has 0 saturated carbocycles. The second kappa shape index (κ2) is 6.83. The summed E-state index contributed by atoms with van der Waals surface area (Å²) in [5, 5.41) is 9.73. The molecule has 0 unspecified atom stereocenters. The van der Waals surface area contributed by atoms with Crippen molar-refractivity contribution in [1.82, 2.24) is 20.2 Å². The average molecular weight is 426 g/mol. The minimum absolute atomic E-state index is 0.162. The Bertz CT molecular complexity index is 1140. The van der Waals surface area contributed by atoms with Gasteiger partial charge in [0.2, 0.25) is 10.1 Å². The van der Waals surface area contributed by atoms with Crippen LogP contribution in [-0.4, -0.2) is 33.2 Å². The quantitative estimate of drug-likeness (QED) is 0.522. The number of anilines is 2. The Kier molecular flexibility index (Phi) is 4.47. The van der Waals surface area contributed by atoms with Gasteiger partial charge >= 0.3 is 18.0 Å². The number of alkyl halides is 3. The monoisotopic (exact) mass is 426 g/mol. The van der Waals surface area contributed by atoms with E-state index in [9.17, 15) is 18.0 Å². The van der Waals surface area contributed by atoms with Crippen LogP contribution in [0.5, 0.6) is 0 Å². The van der Waals surface area contributed by atoms with Gasteiger partial charge in [-0.25, -0.2) is 19.7 Å². The van der Waals surface area contributed by atoms with E-state index in [4.69, 9.17) is 0 Å². The number of fused-ring (bicyclic) bond motifs is 1. The number of hydrogen-bond donors (Lipinski definition) is 2. The predicted molar refractivity (Wildman–Crippen MR) is 98.3 cm³/mol. The molecule has 0 fully saturated rings. The zero-order valence-corrected chi connectivity index (χ0v) is 15.7. The fraction of sp³-hybridized carbons (Fsp3) is 0.133. The third kappa shape index (κ3) is 3.53. The van der Waals surface area contributed by atoms with Gasteiger partial charge in [0.15, 0.2) is 16.7 Å². The molecule has 13 heteroatoms. The molecule has 0 aliphatic heterocycles. The van der Waals surface area contributed by atoms with Gasteiger partial charge in [0.25, 0.3) is 0 Å². The molecule has 3 heterocycles. The van der Waals surface area contributed by atoms with Gasteiger partial charge in [0, 0.05) is 24.2 Å². The molecule has 1 aromatic carbocycles. The first-order valence-corrected chi connectivity index (χ1v) is 9.46. The van der Waals surface area contributed by atoms with Crippen molar-refractivity contribution in [3.8, 4) is 11.5 Å². The van der Waals surface area contributed by atoms with E-state index in [1.807, 2.05) is 5.38 Å². The number of hydrogen-bond acceptors (Lipinski definition) is 6. The lowest BCUT2D eigenvalue weighted by molar-refractivity contribution is -0.330. The number of imidazole rings is 1. The number of benzene rings is 1. The first kappa shape index (κ1) is 18.3.